The summed E-state index contributed by atoms with van der Waals surface area (Å²) < 4.78 is 45.6. The van der Waals surface area contributed by atoms with Gasteiger partial charge in [0.15, 0.2) is 0 Å². The lowest BCUT2D eigenvalue weighted by atomic mass is 9.86. The van der Waals surface area contributed by atoms with Crippen molar-refractivity contribution in [2.45, 2.75) is 44.5 Å². The van der Waals surface area contributed by atoms with Crippen LogP contribution in [0.5, 0.6) is 5.88 Å². The van der Waals surface area contributed by atoms with E-state index in [4.69, 9.17) is 39.5 Å². The molecule has 40 heavy (non-hydrogen) atoms. The van der Waals surface area contributed by atoms with Crippen LogP contribution in [0.2, 0.25) is 15.1 Å². The van der Waals surface area contributed by atoms with Crippen molar-refractivity contribution in [1.29, 1.82) is 0 Å². The molecule has 0 aliphatic carbocycles. The molecule has 1 aliphatic heterocycles. The molecule has 1 amide bonds. The van der Waals surface area contributed by atoms with Gasteiger partial charge in [-0.15, -0.1) is 0 Å². The van der Waals surface area contributed by atoms with E-state index in [1.54, 1.807) is 12.1 Å². The summed E-state index contributed by atoms with van der Waals surface area (Å²) >= 11 is 18.2. The predicted octanol–water partition coefficient (Wildman–Crippen LogP) is 7.50. The zero-order valence-electron chi connectivity index (χ0n) is 21.6. The van der Waals surface area contributed by atoms with Gasteiger partial charge in [0.2, 0.25) is 5.88 Å². The van der Waals surface area contributed by atoms with Crippen LogP contribution in [-0.2, 0) is 6.18 Å². The summed E-state index contributed by atoms with van der Waals surface area (Å²) in [6.07, 6.45) is 1.62. The van der Waals surface area contributed by atoms with E-state index >= 15 is 0 Å². The molecule has 1 aromatic carbocycles. The van der Waals surface area contributed by atoms with Gasteiger partial charge in [-0.3, -0.25) is 9.78 Å². The molecule has 2 unspecified atom stereocenters. The Bertz CT molecular complexity index is 1280. The molecule has 0 spiro atoms. The molecule has 1 fully saturated rings. The minimum atomic E-state index is -4.42. The third-order valence-electron chi connectivity index (χ3n) is 7.07. The quantitative estimate of drug-likeness (QED) is 0.270. The van der Waals surface area contributed by atoms with Crippen LogP contribution >= 0.6 is 34.8 Å². The lowest BCUT2D eigenvalue weighted by Crippen LogP contribution is -2.43. The number of carbonyl (C=O) groups excluding carboxylic acids is 1. The van der Waals surface area contributed by atoms with Crippen LogP contribution in [0.3, 0.4) is 0 Å². The summed E-state index contributed by atoms with van der Waals surface area (Å²) in [4.78, 5) is 23.0. The molecule has 1 N–H and O–H groups in total. The van der Waals surface area contributed by atoms with Crippen LogP contribution in [0.4, 0.5) is 13.2 Å². The summed E-state index contributed by atoms with van der Waals surface area (Å²) in [5, 5.41) is 3.71. The summed E-state index contributed by atoms with van der Waals surface area (Å²) in [6.45, 7) is 4.07. The number of ether oxygens (including phenoxy) is 1. The highest BCUT2D eigenvalue weighted by Gasteiger charge is 2.33. The number of nitrogens with zero attached hydrogens (tertiary/aromatic N) is 3. The minimum Gasteiger partial charge on any atom is -0.469 e. The van der Waals surface area contributed by atoms with Gasteiger partial charge in [-0.25, -0.2) is 4.98 Å². The van der Waals surface area contributed by atoms with Crippen molar-refractivity contribution in [3.8, 4) is 5.88 Å². The number of carbonyl (C=O) groups is 1. The maximum Gasteiger partial charge on any atom is 0.416 e. The van der Waals surface area contributed by atoms with E-state index in [1.807, 2.05) is 0 Å². The van der Waals surface area contributed by atoms with Gasteiger partial charge in [0.05, 0.1) is 21.2 Å². The first-order valence-corrected chi connectivity index (χ1v) is 13.9. The summed E-state index contributed by atoms with van der Waals surface area (Å²) in [5.41, 5.74) is 0.146. The standard InChI is InChI=1S/C28H28Cl3F3N4O2/c1-17(6-10-37-27(39)25-22(30)15-35-16-23(25)31)38-12-8-19(9-13-38)26(40-24-14-21(29)7-11-36-24)18-2-4-20(5-3-18)28(32,33)34/h2-5,7,11,14-17,19,26H,6,8-10,12-13H2,1H3,(H,37,39). The lowest BCUT2D eigenvalue weighted by molar-refractivity contribution is -0.137. The number of likely N-dealkylation sites (tertiary alicyclic amines) is 1. The Kier molecular flexibility index (Phi) is 10.2. The molecule has 1 aliphatic rings. The summed E-state index contributed by atoms with van der Waals surface area (Å²) in [6, 6.07) is 8.50. The highest BCUT2D eigenvalue weighted by atomic mass is 35.5. The summed E-state index contributed by atoms with van der Waals surface area (Å²) in [5.74, 6) is 0.0180. The zero-order valence-corrected chi connectivity index (χ0v) is 23.9. The van der Waals surface area contributed by atoms with Crippen LogP contribution in [0, 0.1) is 5.92 Å². The largest absolute Gasteiger partial charge is 0.469 e. The Morgan fingerprint density at radius 2 is 1.75 bits per heavy atom. The number of nitrogens with one attached hydrogen (secondary N) is 1. The maximum absolute atomic E-state index is 13.1. The van der Waals surface area contributed by atoms with Gasteiger partial charge < -0.3 is 15.0 Å². The van der Waals surface area contributed by atoms with Crippen LogP contribution in [0.25, 0.3) is 0 Å². The van der Waals surface area contributed by atoms with E-state index < -0.39 is 17.8 Å². The summed E-state index contributed by atoms with van der Waals surface area (Å²) in [7, 11) is 0. The fourth-order valence-electron chi connectivity index (χ4n) is 4.83. The Hall–Kier alpha value is -2.59. The first kappa shape index (κ1) is 30.4. The third-order valence-corrected chi connectivity index (χ3v) is 7.87. The van der Waals surface area contributed by atoms with Crippen LogP contribution < -0.4 is 10.1 Å². The topological polar surface area (TPSA) is 67.4 Å². The average molecular weight is 616 g/mol. The minimum absolute atomic E-state index is 0.0524. The van der Waals surface area contributed by atoms with E-state index in [9.17, 15) is 18.0 Å². The predicted molar refractivity (Wildman–Crippen MR) is 149 cm³/mol. The molecular formula is C28H28Cl3F3N4O2. The SMILES string of the molecule is CC(CCNC(=O)c1c(Cl)cncc1Cl)N1CCC(C(Oc2cc(Cl)ccn2)c2ccc(C(F)(F)F)cc2)CC1. The van der Waals surface area contributed by atoms with Crippen molar-refractivity contribution in [3.63, 3.8) is 0 Å². The molecule has 0 bridgehead atoms. The van der Waals surface area contributed by atoms with Crippen molar-refractivity contribution in [2.75, 3.05) is 19.6 Å². The number of pyridine rings is 2. The van der Waals surface area contributed by atoms with E-state index in [1.165, 1.54) is 30.7 Å². The fourth-order valence-corrected chi connectivity index (χ4v) is 5.52. The number of halogens is 6. The first-order chi connectivity index (χ1) is 19.0. The molecule has 3 aromatic rings. The monoisotopic (exact) mass is 614 g/mol. The molecule has 0 saturated carbocycles. The average Bonchev–Trinajstić information content (AvgIpc) is 2.91. The number of alkyl halides is 3. The fraction of sp³-hybridized carbons (Fsp3) is 0.393. The number of piperidine rings is 1. The Morgan fingerprint density at radius 1 is 1.10 bits per heavy atom. The van der Waals surface area contributed by atoms with Crippen molar-refractivity contribution >= 4 is 40.7 Å². The second-order valence-electron chi connectivity index (χ2n) is 9.72. The van der Waals surface area contributed by atoms with Gasteiger partial charge in [0.25, 0.3) is 5.91 Å². The number of benzene rings is 1. The molecule has 0 radical (unpaired) electrons. The Balaban J connectivity index is 1.37. The number of amides is 1. The van der Waals surface area contributed by atoms with Gasteiger partial charge in [-0.1, -0.05) is 46.9 Å². The second kappa shape index (κ2) is 13.4. The molecule has 12 heteroatoms. The maximum atomic E-state index is 13.1. The Morgan fingerprint density at radius 3 is 2.35 bits per heavy atom. The van der Waals surface area contributed by atoms with E-state index in [0.717, 1.165) is 38.1 Å². The molecule has 4 rings (SSSR count). The lowest BCUT2D eigenvalue weighted by Gasteiger charge is -2.39. The molecule has 2 aromatic heterocycles. The van der Waals surface area contributed by atoms with Crippen molar-refractivity contribution < 1.29 is 22.7 Å². The smallest absolute Gasteiger partial charge is 0.416 e. The number of aromatic nitrogens is 2. The van der Waals surface area contributed by atoms with Crippen LogP contribution in [-0.4, -0.2) is 46.5 Å². The Labute approximate surface area is 245 Å². The van der Waals surface area contributed by atoms with E-state index in [0.29, 0.717) is 29.4 Å². The number of hydrogen-bond acceptors (Lipinski definition) is 5. The molecule has 2 atom stereocenters. The third kappa shape index (κ3) is 7.78. The van der Waals surface area contributed by atoms with Gasteiger partial charge in [-0.05, 0) is 63.0 Å². The molecule has 1 saturated heterocycles. The van der Waals surface area contributed by atoms with Gasteiger partial charge in [0.1, 0.15) is 6.10 Å². The molecule has 214 valence electrons. The van der Waals surface area contributed by atoms with E-state index in [-0.39, 0.29) is 33.5 Å². The highest BCUT2D eigenvalue weighted by Crippen LogP contribution is 2.37. The highest BCUT2D eigenvalue weighted by molar-refractivity contribution is 6.39. The molecule has 3 heterocycles. The van der Waals surface area contributed by atoms with Crippen molar-refractivity contribution in [1.82, 2.24) is 20.2 Å². The van der Waals surface area contributed by atoms with Crippen molar-refractivity contribution in [2.24, 2.45) is 5.92 Å². The van der Waals surface area contributed by atoms with Crippen LogP contribution in [0.15, 0.2) is 55.0 Å². The second-order valence-corrected chi connectivity index (χ2v) is 11.0. The van der Waals surface area contributed by atoms with Gasteiger partial charge in [-0.2, -0.15) is 13.2 Å². The zero-order chi connectivity index (χ0) is 28.9. The number of rotatable bonds is 9. The first-order valence-electron chi connectivity index (χ1n) is 12.8. The molecular weight excluding hydrogens is 588 g/mol. The molecule has 6 nitrogen and oxygen atoms in total. The van der Waals surface area contributed by atoms with E-state index in [2.05, 4.69) is 27.1 Å². The van der Waals surface area contributed by atoms with Crippen molar-refractivity contribution in [3.05, 3.63) is 86.7 Å². The normalized spacial score (nSPS) is 16.4. The van der Waals surface area contributed by atoms with Gasteiger partial charge in [0, 0.05) is 48.2 Å². The van der Waals surface area contributed by atoms with Crippen LogP contribution in [0.1, 0.15) is 53.8 Å². The van der Waals surface area contributed by atoms with Gasteiger partial charge >= 0.3 is 6.18 Å². The number of hydrogen-bond donors (Lipinski definition) is 1.